The van der Waals surface area contributed by atoms with Crippen molar-refractivity contribution in [3.8, 4) is 12.1 Å². The van der Waals surface area contributed by atoms with Crippen molar-refractivity contribution in [3.63, 3.8) is 0 Å². The van der Waals surface area contributed by atoms with Gasteiger partial charge in [-0.1, -0.05) is 18.2 Å². The number of fused-ring (bicyclic) bond motifs is 1. The summed E-state index contributed by atoms with van der Waals surface area (Å²) in [6.07, 6.45) is 5.69. The molecule has 0 saturated carbocycles. The Kier molecular flexibility index (Phi) is 4.56. The standard InChI is InChI=1S/C22H20N5/c23-12-17-11-18(15-25-14-17)16-27(10-4-3-9-26-27)22-8-7-19(13-24)20-5-1-2-6-21(20)22/h1-2,5-8,11,14-15,26H,3-4,9-10,16H2/q+1. The van der Waals surface area contributed by atoms with Crippen molar-refractivity contribution < 1.29 is 0 Å². The molecule has 3 aromatic rings. The zero-order chi connectivity index (χ0) is 18.7. The summed E-state index contributed by atoms with van der Waals surface area (Å²) in [4.78, 5) is 4.23. The maximum atomic E-state index is 9.48. The molecule has 0 radical (unpaired) electrons. The number of nitrogens with one attached hydrogen (secondary N) is 1. The van der Waals surface area contributed by atoms with Gasteiger partial charge in [-0.3, -0.25) is 4.98 Å². The van der Waals surface area contributed by atoms with Crippen molar-refractivity contribution in [1.29, 1.82) is 10.5 Å². The number of rotatable bonds is 3. The summed E-state index contributed by atoms with van der Waals surface area (Å²) in [6.45, 7) is 2.59. The van der Waals surface area contributed by atoms with Gasteiger partial charge in [0.05, 0.1) is 17.2 Å². The Labute approximate surface area is 158 Å². The molecule has 27 heavy (non-hydrogen) atoms. The van der Waals surface area contributed by atoms with Gasteiger partial charge in [0, 0.05) is 47.8 Å². The van der Waals surface area contributed by atoms with E-state index in [1.54, 1.807) is 6.20 Å². The maximum absolute atomic E-state index is 9.48. The molecule has 132 valence electrons. The van der Waals surface area contributed by atoms with Gasteiger partial charge in [-0.05, 0) is 24.6 Å². The van der Waals surface area contributed by atoms with Crippen molar-refractivity contribution in [2.24, 2.45) is 0 Å². The molecule has 1 saturated heterocycles. The third-order valence-corrected chi connectivity index (χ3v) is 5.24. The zero-order valence-electron chi connectivity index (χ0n) is 15.0. The summed E-state index contributed by atoms with van der Waals surface area (Å²) in [6, 6.07) is 18.5. The molecule has 1 N–H and O–H groups in total. The predicted octanol–water partition coefficient (Wildman–Crippen LogP) is 3.78. The fourth-order valence-corrected chi connectivity index (χ4v) is 4.01. The number of nitrogens with zero attached hydrogens (tertiary/aromatic N) is 4. The number of hydrogen-bond donors (Lipinski definition) is 1. The quantitative estimate of drug-likeness (QED) is 0.727. The fraction of sp³-hybridized carbons (Fsp3) is 0.227. The molecule has 1 aromatic heterocycles. The molecule has 1 atom stereocenters. The Morgan fingerprint density at radius 1 is 1.00 bits per heavy atom. The molecule has 1 aliphatic rings. The number of nitriles is 2. The topological polar surface area (TPSA) is 72.5 Å². The van der Waals surface area contributed by atoms with Crippen LogP contribution in [0, 0.1) is 22.7 Å². The van der Waals surface area contributed by atoms with Crippen LogP contribution in [0.5, 0.6) is 0 Å². The molecule has 2 aromatic carbocycles. The molecule has 1 aliphatic heterocycles. The van der Waals surface area contributed by atoms with Gasteiger partial charge < -0.3 is 0 Å². The minimum absolute atomic E-state index is 0.576. The lowest BCUT2D eigenvalue weighted by molar-refractivity contribution is 0.149. The van der Waals surface area contributed by atoms with E-state index in [0.29, 0.717) is 22.3 Å². The van der Waals surface area contributed by atoms with Gasteiger partial charge in [-0.15, -0.1) is 0 Å². The van der Waals surface area contributed by atoms with Gasteiger partial charge in [0.15, 0.2) is 5.69 Å². The molecule has 4 rings (SSSR count). The number of pyridine rings is 1. The summed E-state index contributed by atoms with van der Waals surface area (Å²) in [5.74, 6) is 0. The first-order chi connectivity index (χ1) is 13.3. The Hall–Kier alpha value is -3.25. The number of benzene rings is 2. The largest absolute Gasteiger partial charge is 0.263 e. The van der Waals surface area contributed by atoms with Gasteiger partial charge >= 0.3 is 0 Å². The summed E-state index contributed by atoms with van der Waals surface area (Å²) < 4.78 is 0.600. The second-order valence-electron chi connectivity index (χ2n) is 6.95. The van der Waals surface area contributed by atoms with E-state index in [4.69, 9.17) is 0 Å². The number of aromatic nitrogens is 1. The van der Waals surface area contributed by atoms with Crippen molar-refractivity contribution in [2.45, 2.75) is 19.4 Å². The molecule has 5 heteroatoms. The molecule has 5 nitrogen and oxygen atoms in total. The Morgan fingerprint density at radius 3 is 2.59 bits per heavy atom. The van der Waals surface area contributed by atoms with E-state index in [0.717, 1.165) is 48.0 Å². The van der Waals surface area contributed by atoms with Crippen LogP contribution in [0.3, 0.4) is 0 Å². The van der Waals surface area contributed by atoms with Crippen LogP contribution >= 0.6 is 0 Å². The molecule has 0 spiro atoms. The van der Waals surface area contributed by atoms with E-state index >= 15 is 0 Å². The van der Waals surface area contributed by atoms with E-state index < -0.39 is 0 Å². The Balaban J connectivity index is 1.87. The monoisotopic (exact) mass is 354 g/mol. The summed E-state index contributed by atoms with van der Waals surface area (Å²) >= 11 is 0. The summed E-state index contributed by atoms with van der Waals surface area (Å²) in [7, 11) is 0. The van der Waals surface area contributed by atoms with Crippen molar-refractivity contribution in [3.05, 3.63) is 71.5 Å². The van der Waals surface area contributed by atoms with Crippen LogP contribution in [0.4, 0.5) is 5.69 Å². The van der Waals surface area contributed by atoms with Crippen LogP contribution in [-0.2, 0) is 6.54 Å². The molecule has 1 fully saturated rings. The first-order valence-electron chi connectivity index (χ1n) is 9.14. The summed E-state index contributed by atoms with van der Waals surface area (Å²) in [5.41, 5.74) is 7.16. The van der Waals surface area contributed by atoms with Crippen LogP contribution in [0.15, 0.2) is 54.9 Å². The van der Waals surface area contributed by atoms with Crippen molar-refractivity contribution in [1.82, 2.24) is 15.0 Å². The molecular weight excluding hydrogens is 334 g/mol. The first kappa shape index (κ1) is 17.2. The second kappa shape index (κ2) is 7.17. The van der Waals surface area contributed by atoms with Gasteiger partial charge in [-0.25, -0.2) is 4.59 Å². The minimum Gasteiger partial charge on any atom is -0.263 e. The van der Waals surface area contributed by atoms with E-state index in [1.807, 2.05) is 36.5 Å². The van der Waals surface area contributed by atoms with Crippen LogP contribution < -0.4 is 10.0 Å². The van der Waals surface area contributed by atoms with Gasteiger partial charge in [0.1, 0.15) is 19.2 Å². The molecule has 0 amide bonds. The minimum atomic E-state index is 0.576. The number of quaternary nitrogens is 1. The fourth-order valence-electron chi connectivity index (χ4n) is 4.01. The average Bonchev–Trinajstić information content (AvgIpc) is 2.73. The first-order valence-corrected chi connectivity index (χ1v) is 9.14. The smallest absolute Gasteiger partial charge is 0.160 e. The van der Waals surface area contributed by atoms with Gasteiger partial charge in [0.25, 0.3) is 0 Å². The lowest BCUT2D eigenvalue weighted by Crippen LogP contribution is -2.62. The molecule has 0 aliphatic carbocycles. The summed E-state index contributed by atoms with van der Waals surface area (Å²) in [5, 5.41) is 20.8. The lowest BCUT2D eigenvalue weighted by atomic mass is 10.0. The van der Waals surface area contributed by atoms with Crippen LogP contribution in [0.25, 0.3) is 10.8 Å². The highest BCUT2D eigenvalue weighted by Gasteiger charge is 2.35. The normalized spacial score (nSPS) is 19.3. The van der Waals surface area contributed by atoms with E-state index in [9.17, 15) is 10.5 Å². The molecule has 2 heterocycles. The van der Waals surface area contributed by atoms with E-state index in [2.05, 4.69) is 34.7 Å². The highest BCUT2D eigenvalue weighted by molar-refractivity contribution is 5.97. The Morgan fingerprint density at radius 2 is 1.85 bits per heavy atom. The van der Waals surface area contributed by atoms with Crippen LogP contribution in [0.2, 0.25) is 0 Å². The van der Waals surface area contributed by atoms with E-state index in [1.165, 1.54) is 0 Å². The highest BCUT2D eigenvalue weighted by atomic mass is 15.7. The third kappa shape index (κ3) is 3.15. The molecule has 1 unspecified atom stereocenters. The third-order valence-electron chi connectivity index (χ3n) is 5.24. The highest BCUT2D eigenvalue weighted by Crippen LogP contribution is 2.35. The maximum Gasteiger partial charge on any atom is 0.160 e. The zero-order valence-corrected chi connectivity index (χ0v) is 15.0. The average molecular weight is 354 g/mol. The van der Waals surface area contributed by atoms with Crippen molar-refractivity contribution >= 4 is 16.5 Å². The lowest BCUT2D eigenvalue weighted by Gasteiger charge is -2.41. The van der Waals surface area contributed by atoms with Gasteiger partial charge in [-0.2, -0.15) is 15.9 Å². The van der Waals surface area contributed by atoms with E-state index in [-0.39, 0.29) is 0 Å². The van der Waals surface area contributed by atoms with Crippen LogP contribution in [0.1, 0.15) is 29.5 Å². The predicted molar refractivity (Wildman–Crippen MR) is 105 cm³/mol. The van der Waals surface area contributed by atoms with Crippen LogP contribution in [-0.4, -0.2) is 18.1 Å². The van der Waals surface area contributed by atoms with Crippen molar-refractivity contribution in [2.75, 3.05) is 13.1 Å². The molecule has 0 bridgehead atoms. The molecular formula is C22H20N5+. The Bertz CT molecular complexity index is 1070. The SMILES string of the molecule is N#Cc1cncc(C[N+]2(c3ccc(C#N)c4ccccc34)CCCCN2)c1. The second-order valence-corrected chi connectivity index (χ2v) is 6.95. The van der Waals surface area contributed by atoms with Gasteiger partial charge in [0.2, 0.25) is 0 Å². The number of hydrogen-bond acceptors (Lipinski definition) is 4.